The summed E-state index contributed by atoms with van der Waals surface area (Å²) in [7, 11) is 0. The van der Waals surface area contributed by atoms with E-state index in [1.54, 1.807) is 0 Å². The Morgan fingerprint density at radius 2 is 2.06 bits per heavy atom. The Bertz CT molecular complexity index is 359. The van der Waals surface area contributed by atoms with Crippen LogP contribution in [0.25, 0.3) is 0 Å². The van der Waals surface area contributed by atoms with Crippen molar-refractivity contribution in [1.29, 1.82) is 0 Å². The third-order valence-electron chi connectivity index (χ3n) is 3.34. The quantitative estimate of drug-likeness (QED) is 0.900. The van der Waals surface area contributed by atoms with Gasteiger partial charge in [-0.1, -0.05) is 19.1 Å². The molecule has 3 heteroatoms. The van der Waals surface area contributed by atoms with Gasteiger partial charge in [-0.3, -0.25) is 4.90 Å². The summed E-state index contributed by atoms with van der Waals surface area (Å²) >= 11 is 3.35. The van der Waals surface area contributed by atoms with Gasteiger partial charge in [0.05, 0.1) is 4.47 Å². The van der Waals surface area contributed by atoms with Gasteiger partial charge in [0.25, 0.3) is 0 Å². The van der Waals surface area contributed by atoms with Crippen LogP contribution in [0.4, 0.5) is 0 Å². The standard InChI is InChI=1S/C13H18BrNO/c1-10-5-7-15(8-6-10)9-11-3-2-4-12(14)13(11)16/h2-4,10,16H,5-9H2,1H3. The molecule has 2 nitrogen and oxygen atoms in total. The van der Waals surface area contributed by atoms with E-state index >= 15 is 0 Å². The molecule has 1 saturated heterocycles. The Morgan fingerprint density at radius 1 is 1.38 bits per heavy atom. The van der Waals surface area contributed by atoms with Gasteiger partial charge in [-0.2, -0.15) is 0 Å². The number of hydrogen-bond acceptors (Lipinski definition) is 2. The summed E-state index contributed by atoms with van der Waals surface area (Å²) < 4.78 is 0.787. The number of piperidine rings is 1. The minimum atomic E-state index is 0.390. The second kappa shape index (κ2) is 5.19. The van der Waals surface area contributed by atoms with E-state index in [1.807, 2.05) is 18.2 Å². The van der Waals surface area contributed by atoms with Gasteiger partial charge in [-0.15, -0.1) is 0 Å². The van der Waals surface area contributed by atoms with Gasteiger partial charge in [-0.25, -0.2) is 0 Å². The summed E-state index contributed by atoms with van der Waals surface area (Å²) in [5.74, 6) is 1.24. The van der Waals surface area contributed by atoms with E-state index in [9.17, 15) is 5.11 Å². The zero-order valence-corrected chi connectivity index (χ0v) is 11.2. The predicted molar refractivity (Wildman–Crippen MR) is 69.5 cm³/mol. The number of rotatable bonds is 2. The summed E-state index contributed by atoms with van der Waals surface area (Å²) in [4.78, 5) is 2.42. The fourth-order valence-electron chi connectivity index (χ4n) is 2.15. The molecular formula is C13H18BrNO. The smallest absolute Gasteiger partial charge is 0.134 e. The van der Waals surface area contributed by atoms with E-state index in [0.29, 0.717) is 5.75 Å². The first-order valence-corrected chi connectivity index (χ1v) is 6.65. The molecule has 1 aromatic carbocycles. The maximum atomic E-state index is 9.91. The average molecular weight is 284 g/mol. The highest BCUT2D eigenvalue weighted by Crippen LogP contribution is 2.29. The Morgan fingerprint density at radius 3 is 2.75 bits per heavy atom. The number of para-hydroxylation sites is 1. The van der Waals surface area contributed by atoms with Crippen molar-refractivity contribution in [3.8, 4) is 5.75 Å². The fourth-order valence-corrected chi connectivity index (χ4v) is 2.56. The maximum Gasteiger partial charge on any atom is 0.134 e. The second-order valence-electron chi connectivity index (χ2n) is 4.71. The monoisotopic (exact) mass is 283 g/mol. The molecule has 1 aliphatic rings. The maximum absolute atomic E-state index is 9.91. The molecule has 1 N–H and O–H groups in total. The first-order chi connectivity index (χ1) is 7.66. The molecule has 0 amide bonds. The lowest BCUT2D eigenvalue weighted by atomic mass is 9.99. The summed E-state index contributed by atoms with van der Waals surface area (Å²) in [6, 6.07) is 5.85. The predicted octanol–water partition coefficient (Wildman–Crippen LogP) is 3.39. The van der Waals surface area contributed by atoms with Gasteiger partial charge in [0, 0.05) is 12.1 Å². The topological polar surface area (TPSA) is 23.5 Å². The van der Waals surface area contributed by atoms with Crippen LogP contribution in [-0.2, 0) is 6.54 Å². The first-order valence-electron chi connectivity index (χ1n) is 5.85. The fraction of sp³-hybridized carbons (Fsp3) is 0.538. The highest BCUT2D eigenvalue weighted by atomic mass is 79.9. The largest absolute Gasteiger partial charge is 0.506 e. The SMILES string of the molecule is CC1CCN(Cc2cccc(Br)c2O)CC1. The van der Waals surface area contributed by atoms with Crippen molar-refractivity contribution in [1.82, 2.24) is 4.90 Å². The van der Waals surface area contributed by atoms with E-state index < -0.39 is 0 Å². The Balaban J connectivity index is 2.01. The molecule has 0 atom stereocenters. The molecule has 0 bridgehead atoms. The second-order valence-corrected chi connectivity index (χ2v) is 5.56. The van der Waals surface area contributed by atoms with Crippen molar-refractivity contribution in [2.45, 2.75) is 26.3 Å². The van der Waals surface area contributed by atoms with Crippen molar-refractivity contribution in [3.05, 3.63) is 28.2 Å². The minimum Gasteiger partial charge on any atom is -0.506 e. The highest BCUT2D eigenvalue weighted by Gasteiger charge is 2.17. The number of phenols is 1. The summed E-state index contributed by atoms with van der Waals surface area (Å²) in [6.07, 6.45) is 2.55. The molecule has 1 aliphatic heterocycles. The Kier molecular flexibility index (Phi) is 3.87. The molecule has 2 rings (SSSR count). The average Bonchev–Trinajstić information content (AvgIpc) is 2.28. The molecule has 0 saturated carbocycles. The molecule has 0 aromatic heterocycles. The van der Waals surface area contributed by atoms with Crippen LogP contribution in [0.2, 0.25) is 0 Å². The van der Waals surface area contributed by atoms with Crippen molar-refractivity contribution in [2.75, 3.05) is 13.1 Å². The van der Waals surface area contributed by atoms with Gasteiger partial charge in [-0.05, 0) is 53.8 Å². The third-order valence-corrected chi connectivity index (χ3v) is 3.98. The lowest BCUT2D eigenvalue weighted by Gasteiger charge is -2.30. The van der Waals surface area contributed by atoms with E-state index in [2.05, 4.69) is 27.8 Å². The first kappa shape index (κ1) is 11.9. The molecule has 16 heavy (non-hydrogen) atoms. The summed E-state index contributed by atoms with van der Waals surface area (Å²) in [6.45, 7) is 5.46. The molecule has 0 aliphatic carbocycles. The highest BCUT2D eigenvalue weighted by molar-refractivity contribution is 9.10. The third kappa shape index (κ3) is 2.77. The van der Waals surface area contributed by atoms with Crippen LogP contribution in [0.5, 0.6) is 5.75 Å². The molecule has 88 valence electrons. The zero-order chi connectivity index (χ0) is 11.5. The molecule has 0 spiro atoms. The number of benzene rings is 1. The van der Waals surface area contributed by atoms with E-state index in [0.717, 1.165) is 35.6 Å². The van der Waals surface area contributed by atoms with Gasteiger partial charge in [0.15, 0.2) is 0 Å². The van der Waals surface area contributed by atoms with Crippen LogP contribution in [0.1, 0.15) is 25.3 Å². The number of likely N-dealkylation sites (tertiary alicyclic amines) is 1. The Labute approximate surface area is 105 Å². The normalized spacial score (nSPS) is 18.9. The van der Waals surface area contributed by atoms with Crippen LogP contribution in [0, 0.1) is 5.92 Å². The number of aromatic hydroxyl groups is 1. The van der Waals surface area contributed by atoms with E-state index in [1.165, 1.54) is 12.8 Å². The number of phenolic OH excluding ortho intramolecular Hbond substituents is 1. The van der Waals surface area contributed by atoms with Crippen molar-refractivity contribution in [3.63, 3.8) is 0 Å². The van der Waals surface area contributed by atoms with Crippen molar-refractivity contribution >= 4 is 15.9 Å². The van der Waals surface area contributed by atoms with Crippen LogP contribution in [-0.4, -0.2) is 23.1 Å². The van der Waals surface area contributed by atoms with Gasteiger partial charge in [0.1, 0.15) is 5.75 Å². The summed E-state index contributed by atoms with van der Waals surface area (Å²) in [5.41, 5.74) is 1.02. The molecule has 1 fully saturated rings. The summed E-state index contributed by atoms with van der Waals surface area (Å²) in [5, 5.41) is 9.91. The van der Waals surface area contributed by atoms with Crippen LogP contribution >= 0.6 is 15.9 Å². The van der Waals surface area contributed by atoms with E-state index in [4.69, 9.17) is 0 Å². The van der Waals surface area contributed by atoms with Gasteiger partial charge >= 0.3 is 0 Å². The zero-order valence-electron chi connectivity index (χ0n) is 9.62. The lowest BCUT2D eigenvalue weighted by molar-refractivity contribution is 0.183. The molecule has 1 aromatic rings. The van der Waals surface area contributed by atoms with E-state index in [-0.39, 0.29) is 0 Å². The molecule has 0 unspecified atom stereocenters. The van der Waals surface area contributed by atoms with Crippen molar-refractivity contribution < 1.29 is 5.11 Å². The minimum absolute atomic E-state index is 0.390. The number of hydrogen-bond donors (Lipinski definition) is 1. The molecule has 0 radical (unpaired) electrons. The van der Waals surface area contributed by atoms with Gasteiger partial charge in [0.2, 0.25) is 0 Å². The van der Waals surface area contributed by atoms with Crippen LogP contribution < -0.4 is 0 Å². The van der Waals surface area contributed by atoms with Crippen LogP contribution in [0.15, 0.2) is 22.7 Å². The van der Waals surface area contributed by atoms with Crippen molar-refractivity contribution in [2.24, 2.45) is 5.92 Å². The number of halogens is 1. The Hall–Kier alpha value is -0.540. The molecule has 1 heterocycles. The lowest BCUT2D eigenvalue weighted by Crippen LogP contribution is -2.32. The van der Waals surface area contributed by atoms with Crippen LogP contribution in [0.3, 0.4) is 0 Å². The number of nitrogens with zero attached hydrogens (tertiary/aromatic N) is 1. The van der Waals surface area contributed by atoms with Gasteiger partial charge < -0.3 is 5.11 Å². The molecular weight excluding hydrogens is 266 g/mol.